The van der Waals surface area contributed by atoms with Gasteiger partial charge >= 0.3 is 0 Å². The number of nitrogens with zero attached hydrogens (tertiary/aromatic N) is 1. The van der Waals surface area contributed by atoms with Crippen molar-refractivity contribution in [1.82, 2.24) is 4.90 Å². The lowest BCUT2D eigenvalue weighted by Gasteiger charge is -2.41. The summed E-state index contributed by atoms with van der Waals surface area (Å²) < 4.78 is 19.1. The van der Waals surface area contributed by atoms with Gasteiger partial charge in [0.05, 0.1) is 12.7 Å². The molecule has 2 rings (SSSR count). The Bertz CT molecular complexity index is 452. The van der Waals surface area contributed by atoms with Crippen LogP contribution in [0.2, 0.25) is 0 Å². The molecule has 0 aromatic heterocycles. The number of likely N-dealkylation sites (tertiary alicyclic amines) is 1. The van der Waals surface area contributed by atoms with Crippen molar-refractivity contribution < 1.29 is 14.2 Å². The topological polar surface area (TPSA) is 32.7 Å². The predicted octanol–water partition coefficient (Wildman–Crippen LogP) is 2.22. The normalized spacial score (nSPS) is 28.4. The van der Waals surface area contributed by atoms with Crippen LogP contribution in [-0.4, -0.2) is 42.4 Å². The fourth-order valence-electron chi connectivity index (χ4n) is 2.78. The van der Waals surface area contributed by atoms with Crippen LogP contribution in [0.15, 0.2) is 18.2 Å². The third-order valence-electron chi connectivity index (χ3n) is 4.14. The highest BCUT2D eigenvalue weighted by atomic mass is 19.1. The largest absolute Gasteiger partial charge is 0.494 e. The molecule has 1 saturated heterocycles. The Morgan fingerprint density at radius 2 is 2.26 bits per heavy atom. The van der Waals surface area contributed by atoms with Gasteiger partial charge in [-0.25, -0.2) is 4.39 Å². The van der Waals surface area contributed by atoms with Crippen LogP contribution in [0.5, 0.6) is 5.75 Å². The van der Waals surface area contributed by atoms with Crippen LogP contribution in [-0.2, 0) is 6.42 Å². The van der Waals surface area contributed by atoms with E-state index in [0.29, 0.717) is 30.9 Å². The molecule has 0 bridgehead atoms. The van der Waals surface area contributed by atoms with E-state index >= 15 is 0 Å². The maximum absolute atomic E-state index is 14.1. The standard InChI is InChI=1S/C15H22FNO2/c1-11-9-15(18,7-8-17(11)2)10-12-5-4-6-13(19-3)14(12)16/h4-6,11,18H,7-10H2,1-3H3. The van der Waals surface area contributed by atoms with Crippen molar-refractivity contribution in [2.75, 3.05) is 20.7 Å². The van der Waals surface area contributed by atoms with E-state index in [2.05, 4.69) is 18.9 Å². The summed E-state index contributed by atoms with van der Waals surface area (Å²) in [5.74, 6) is -0.118. The van der Waals surface area contributed by atoms with Crippen molar-refractivity contribution in [3.63, 3.8) is 0 Å². The minimum Gasteiger partial charge on any atom is -0.494 e. The molecule has 1 aromatic rings. The predicted molar refractivity (Wildman–Crippen MR) is 72.9 cm³/mol. The second kappa shape index (κ2) is 5.47. The Morgan fingerprint density at radius 3 is 2.89 bits per heavy atom. The number of hydrogen-bond acceptors (Lipinski definition) is 3. The average Bonchev–Trinajstić information content (AvgIpc) is 2.37. The Kier molecular flexibility index (Phi) is 4.11. The van der Waals surface area contributed by atoms with Gasteiger partial charge in [-0.05, 0) is 38.4 Å². The Labute approximate surface area is 114 Å². The van der Waals surface area contributed by atoms with E-state index in [4.69, 9.17) is 4.74 Å². The lowest BCUT2D eigenvalue weighted by atomic mass is 9.82. The summed E-state index contributed by atoms with van der Waals surface area (Å²) in [5.41, 5.74) is -0.294. The first-order valence-electron chi connectivity index (χ1n) is 6.69. The smallest absolute Gasteiger partial charge is 0.168 e. The molecule has 1 aliphatic rings. The van der Waals surface area contributed by atoms with Gasteiger partial charge < -0.3 is 14.7 Å². The average molecular weight is 267 g/mol. The van der Waals surface area contributed by atoms with Gasteiger partial charge in [-0.1, -0.05) is 12.1 Å². The number of hydrogen-bond donors (Lipinski definition) is 1. The van der Waals surface area contributed by atoms with Crippen LogP contribution in [0.25, 0.3) is 0 Å². The highest BCUT2D eigenvalue weighted by Crippen LogP contribution is 2.31. The van der Waals surface area contributed by atoms with Gasteiger partial charge in [0.25, 0.3) is 0 Å². The SMILES string of the molecule is COc1cccc(CC2(O)CCN(C)C(C)C2)c1F. The first-order chi connectivity index (χ1) is 8.95. The van der Waals surface area contributed by atoms with Gasteiger partial charge in [0, 0.05) is 19.0 Å². The van der Waals surface area contributed by atoms with E-state index in [1.54, 1.807) is 18.2 Å². The lowest BCUT2D eigenvalue weighted by molar-refractivity contribution is -0.0358. The molecule has 0 saturated carbocycles. The number of piperidine rings is 1. The summed E-state index contributed by atoms with van der Waals surface area (Å²) in [7, 11) is 3.50. The van der Waals surface area contributed by atoms with Gasteiger partial charge in [-0.3, -0.25) is 0 Å². The molecule has 3 nitrogen and oxygen atoms in total. The zero-order valence-corrected chi connectivity index (χ0v) is 11.8. The molecule has 1 N–H and O–H groups in total. The molecule has 1 fully saturated rings. The van der Waals surface area contributed by atoms with E-state index in [1.807, 2.05) is 0 Å². The molecule has 0 aliphatic carbocycles. The van der Waals surface area contributed by atoms with E-state index in [1.165, 1.54) is 7.11 Å². The molecule has 2 atom stereocenters. The van der Waals surface area contributed by atoms with Crippen molar-refractivity contribution in [2.45, 2.75) is 37.8 Å². The first kappa shape index (κ1) is 14.3. The van der Waals surface area contributed by atoms with Gasteiger partial charge in [0.2, 0.25) is 0 Å². The first-order valence-corrected chi connectivity index (χ1v) is 6.69. The van der Waals surface area contributed by atoms with E-state index in [-0.39, 0.29) is 11.6 Å². The van der Waals surface area contributed by atoms with E-state index < -0.39 is 5.60 Å². The van der Waals surface area contributed by atoms with Crippen LogP contribution < -0.4 is 4.74 Å². The Hall–Kier alpha value is -1.13. The van der Waals surface area contributed by atoms with E-state index in [9.17, 15) is 9.50 Å². The minimum absolute atomic E-state index is 0.238. The molecule has 1 heterocycles. The summed E-state index contributed by atoms with van der Waals surface area (Å²) in [5, 5.41) is 10.7. The number of rotatable bonds is 3. The summed E-state index contributed by atoms with van der Waals surface area (Å²) in [4.78, 5) is 2.22. The molecular weight excluding hydrogens is 245 g/mol. The molecule has 1 aromatic carbocycles. The lowest BCUT2D eigenvalue weighted by Crippen LogP contribution is -2.48. The molecule has 106 valence electrons. The van der Waals surface area contributed by atoms with Gasteiger partial charge in [0.15, 0.2) is 11.6 Å². The highest BCUT2D eigenvalue weighted by molar-refractivity contribution is 5.32. The maximum atomic E-state index is 14.1. The van der Waals surface area contributed by atoms with Crippen molar-refractivity contribution in [1.29, 1.82) is 0 Å². The quantitative estimate of drug-likeness (QED) is 0.911. The number of methoxy groups -OCH3 is 1. The fraction of sp³-hybridized carbons (Fsp3) is 0.600. The van der Waals surface area contributed by atoms with Crippen LogP contribution in [0.4, 0.5) is 4.39 Å². The summed E-state index contributed by atoms with van der Waals surface area (Å²) >= 11 is 0. The Balaban J connectivity index is 2.17. The molecule has 4 heteroatoms. The van der Waals surface area contributed by atoms with Gasteiger partial charge in [-0.2, -0.15) is 0 Å². The maximum Gasteiger partial charge on any atom is 0.168 e. The van der Waals surface area contributed by atoms with Gasteiger partial charge in [0.1, 0.15) is 0 Å². The highest BCUT2D eigenvalue weighted by Gasteiger charge is 2.35. The van der Waals surface area contributed by atoms with Crippen molar-refractivity contribution in [3.8, 4) is 5.75 Å². The molecule has 0 radical (unpaired) electrons. The zero-order chi connectivity index (χ0) is 14.0. The number of ether oxygens (including phenoxy) is 1. The number of halogens is 1. The summed E-state index contributed by atoms with van der Waals surface area (Å²) in [6.45, 7) is 2.93. The van der Waals surface area contributed by atoms with Crippen molar-refractivity contribution >= 4 is 0 Å². The van der Waals surface area contributed by atoms with Gasteiger partial charge in [-0.15, -0.1) is 0 Å². The van der Waals surface area contributed by atoms with Crippen LogP contribution in [0, 0.1) is 5.82 Å². The number of benzene rings is 1. The fourth-order valence-corrected chi connectivity index (χ4v) is 2.78. The zero-order valence-electron chi connectivity index (χ0n) is 11.8. The van der Waals surface area contributed by atoms with Crippen LogP contribution in [0.1, 0.15) is 25.3 Å². The molecule has 2 unspecified atom stereocenters. The summed E-state index contributed by atoms with van der Waals surface area (Å²) in [6.07, 6.45) is 1.68. The monoisotopic (exact) mass is 267 g/mol. The molecule has 19 heavy (non-hydrogen) atoms. The third-order valence-corrected chi connectivity index (χ3v) is 4.14. The van der Waals surface area contributed by atoms with Crippen molar-refractivity contribution in [3.05, 3.63) is 29.6 Å². The molecule has 0 spiro atoms. The molecular formula is C15H22FNO2. The number of aliphatic hydroxyl groups is 1. The Morgan fingerprint density at radius 1 is 1.53 bits per heavy atom. The summed E-state index contributed by atoms with van der Waals surface area (Å²) in [6, 6.07) is 5.39. The minimum atomic E-state index is -0.820. The van der Waals surface area contributed by atoms with Crippen LogP contribution >= 0.6 is 0 Å². The second-order valence-corrected chi connectivity index (χ2v) is 5.62. The molecule has 1 aliphatic heterocycles. The van der Waals surface area contributed by atoms with E-state index in [0.717, 1.165) is 6.54 Å². The van der Waals surface area contributed by atoms with Crippen molar-refractivity contribution in [2.24, 2.45) is 0 Å². The van der Waals surface area contributed by atoms with Crippen LogP contribution in [0.3, 0.4) is 0 Å². The molecule has 0 amide bonds. The second-order valence-electron chi connectivity index (χ2n) is 5.62. The third kappa shape index (κ3) is 3.07.